The van der Waals surface area contributed by atoms with Crippen LogP contribution in [-0.2, 0) is 9.05 Å². The number of aryl methyl sites for hydroxylation is 1. The lowest BCUT2D eigenvalue weighted by Gasteiger charge is -2.09. The van der Waals surface area contributed by atoms with Crippen LogP contribution < -0.4 is 10.2 Å². The second-order valence-corrected chi connectivity index (χ2v) is 6.89. The van der Waals surface area contributed by atoms with Crippen LogP contribution in [0.1, 0.15) is 5.76 Å². The third-order valence-electron chi connectivity index (χ3n) is 3.07. The highest BCUT2D eigenvalue weighted by Gasteiger charge is 2.28. The van der Waals surface area contributed by atoms with Gasteiger partial charge < -0.3 is 13.6 Å². The lowest BCUT2D eigenvalue weighted by Crippen LogP contribution is -2.06. The Morgan fingerprint density at radius 1 is 1.29 bits per heavy atom. The molecule has 110 valence electrons. The van der Waals surface area contributed by atoms with Gasteiger partial charge in [0.05, 0.1) is 18.8 Å². The quantitative estimate of drug-likeness (QED) is 0.672. The molecule has 0 spiro atoms. The minimum atomic E-state index is -4.19. The Balaban J connectivity index is 2.78. The summed E-state index contributed by atoms with van der Waals surface area (Å²) in [6, 6.07) is 2.75. The Hall–Kier alpha value is -1.99. The van der Waals surface area contributed by atoms with Crippen LogP contribution in [0.25, 0.3) is 21.9 Å². The van der Waals surface area contributed by atoms with Crippen LogP contribution >= 0.6 is 10.7 Å². The first-order valence-corrected chi connectivity index (χ1v) is 8.12. The van der Waals surface area contributed by atoms with Crippen LogP contribution in [0.15, 0.2) is 36.9 Å². The van der Waals surface area contributed by atoms with E-state index in [-0.39, 0.29) is 33.0 Å². The van der Waals surface area contributed by atoms with Gasteiger partial charge in [-0.05, 0) is 13.0 Å². The van der Waals surface area contributed by atoms with E-state index in [1.165, 1.54) is 32.4 Å². The first-order chi connectivity index (χ1) is 9.84. The Morgan fingerprint density at radius 2 is 2.00 bits per heavy atom. The Morgan fingerprint density at radius 3 is 2.62 bits per heavy atom. The van der Waals surface area contributed by atoms with Crippen LogP contribution in [0.4, 0.5) is 0 Å². The fourth-order valence-corrected chi connectivity index (χ4v) is 3.49. The maximum absolute atomic E-state index is 12.2. The molecule has 0 fully saturated rings. The van der Waals surface area contributed by atoms with Crippen molar-refractivity contribution < 1.29 is 22.0 Å². The fraction of sp³-hybridized carbons (Fsp3) is 0.154. The number of furan rings is 1. The van der Waals surface area contributed by atoms with Crippen molar-refractivity contribution in [2.24, 2.45) is 0 Å². The summed E-state index contributed by atoms with van der Waals surface area (Å²) in [5.74, 6) is 0.439. The monoisotopic (exact) mass is 328 g/mol. The molecule has 0 atom stereocenters. The molecule has 0 aliphatic carbocycles. The van der Waals surface area contributed by atoms with Gasteiger partial charge in [-0.3, -0.25) is 4.79 Å². The lowest BCUT2D eigenvalue weighted by atomic mass is 10.1. The van der Waals surface area contributed by atoms with E-state index >= 15 is 0 Å². The van der Waals surface area contributed by atoms with Crippen molar-refractivity contribution in [3.63, 3.8) is 0 Å². The lowest BCUT2D eigenvalue weighted by molar-refractivity contribution is 0.422. The Bertz CT molecular complexity index is 1030. The first kappa shape index (κ1) is 14.0. The molecule has 0 bridgehead atoms. The minimum Gasteiger partial charge on any atom is -0.495 e. The van der Waals surface area contributed by atoms with Crippen molar-refractivity contribution in [1.29, 1.82) is 0 Å². The topological polar surface area (TPSA) is 86.7 Å². The minimum absolute atomic E-state index is 0.0104. The van der Waals surface area contributed by atoms with Gasteiger partial charge in [0.25, 0.3) is 9.05 Å². The molecular formula is C13H9ClO6S. The molecule has 0 unspecified atom stereocenters. The van der Waals surface area contributed by atoms with Crippen LogP contribution in [-0.4, -0.2) is 15.5 Å². The number of halogens is 1. The molecule has 0 aliphatic heterocycles. The number of ether oxygens (including phenoxy) is 1. The molecule has 0 aliphatic rings. The van der Waals surface area contributed by atoms with Gasteiger partial charge in [-0.15, -0.1) is 0 Å². The van der Waals surface area contributed by atoms with Gasteiger partial charge >= 0.3 is 0 Å². The third-order valence-corrected chi connectivity index (χ3v) is 4.39. The molecule has 1 aromatic carbocycles. The summed E-state index contributed by atoms with van der Waals surface area (Å²) in [6.45, 7) is 1.53. The van der Waals surface area contributed by atoms with Crippen molar-refractivity contribution in [1.82, 2.24) is 0 Å². The molecule has 8 heteroatoms. The van der Waals surface area contributed by atoms with E-state index in [0.717, 1.165) is 0 Å². The average Bonchev–Trinajstić information content (AvgIpc) is 2.82. The predicted octanol–water partition coefficient (Wildman–Crippen LogP) is 2.78. The summed E-state index contributed by atoms with van der Waals surface area (Å²) >= 11 is 0. The van der Waals surface area contributed by atoms with Crippen molar-refractivity contribution in [3.8, 4) is 5.75 Å². The molecule has 0 amide bonds. The Kier molecular flexibility index (Phi) is 3.00. The highest BCUT2D eigenvalue weighted by molar-refractivity contribution is 8.14. The van der Waals surface area contributed by atoms with Gasteiger partial charge in [0.1, 0.15) is 16.9 Å². The number of methoxy groups -OCH3 is 1. The number of benzene rings is 1. The average molecular weight is 329 g/mol. The van der Waals surface area contributed by atoms with Gasteiger partial charge in [0.15, 0.2) is 21.5 Å². The van der Waals surface area contributed by atoms with Gasteiger partial charge in [0.2, 0.25) is 0 Å². The third kappa shape index (κ3) is 2.00. The summed E-state index contributed by atoms with van der Waals surface area (Å²) in [5, 5.41) is 0.344. The number of hydrogen-bond acceptors (Lipinski definition) is 6. The van der Waals surface area contributed by atoms with Gasteiger partial charge in [-0.1, -0.05) is 0 Å². The van der Waals surface area contributed by atoms with Crippen LogP contribution in [0.5, 0.6) is 5.75 Å². The number of rotatable bonds is 2. The van der Waals surface area contributed by atoms with E-state index in [9.17, 15) is 13.2 Å². The summed E-state index contributed by atoms with van der Waals surface area (Å²) in [5.41, 5.74) is -0.604. The predicted molar refractivity (Wildman–Crippen MR) is 76.6 cm³/mol. The smallest absolute Gasteiger partial charge is 0.268 e. The molecule has 0 radical (unpaired) electrons. The highest BCUT2D eigenvalue weighted by atomic mass is 35.7. The zero-order chi connectivity index (χ0) is 15.4. The molecule has 0 N–H and O–H groups in total. The molecule has 0 saturated heterocycles. The molecule has 3 aromatic rings. The maximum atomic E-state index is 12.2. The molecular weight excluding hydrogens is 320 g/mol. The fourth-order valence-electron chi connectivity index (χ4n) is 2.32. The van der Waals surface area contributed by atoms with Gasteiger partial charge in [-0.25, -0.2) is 8.42 Å². The van der Waals surface area contributed by atoms with Crippen LogP contribution in [0.3, 0.4) is 0 Å². The maximum Gasteiger partial charge on any atom is 0.268 e. The zero-order valence-electron chi connectivity index (χ0n) is 11.0. The largest absolute Gasteiger partial charge is 0.495 e. The molecule has 21 heavy (non-hydrogen) atoms. The van der Waals surface area contributed by atoms with Crippen LogP contribution in [0.2, 0.25) is 0 Å². The van der Waals surface area contributed by atoms with E-state index < -0.39 is 14.5 Å². The first-order valence-electron chi connectivity index (χ1n) is 5.81. The van der Waals surface area contributed by atoms with Crippen molar-refractivity contribution >= 4 is 41.7 Å². The van der Waals surface area contributed by atoms with E-state index in [0.29, 0.717) is 5.39 Å². The highest BCUT2D eigenvalue weighted by Crippen LogP contribution is 2.40. The Labute approximate surface area is 123 Å². The molecule has 2 heterocycles. The van der Waals surface area contributed by atoms with E-state index in [2.05, 4.69) is 0 Å². The normalized spacial score (nSPS) is 12.1. The van der Waals surface area contributed by atoms with Gasteiger partial charge in [0, 0.05) is 16.7 Å². The van der Waals surface area contributed by atoms with Crippen molar-refractivity contribution in [2.75, 3.05) is 7.11 Å². The van der Waals surface area contributed by atoms with Gasteiger partial charge in [-0.2, -0.15) is 0 Å². The van der Waals surface area contributed by atoms with Crippen LogP contribution in [0, 0.1) is 6.92 Å². The standard InChI is InChI=1S/C13H9ClO6S/c1-6-5-8(15)9-10(18-2)7-3-4-19-11(7)13(12(9)20-6)21(14,16)17/h3-5H,1-2H3. The zero-order valence-corrected chi connectivity index (χ0v) is 12.5. The summed E-state index contributed by atoms with van der Waals surface area (Å²) in [4.78, 5) is 11.8. The number of fused-ring (bicyclic) bond motifs is 2. The van der Waals surface area contributed by atoms with E-state index in [1.807, 2.05) is 0 Å². The van der Waals surface area contributed by atoms with E-state index in [1.54, 1.807) is 0 Å². The molecule has 6 nitrogen and oxygen atoms in total. The number of hydrogen-bond donors (Lipinski definition) is 0. The summed E-state index contributed by atoms with van der Waals surface area (Å²) in [7, 11) is 2.66. The van der Waals surface area contributed by atoms with Crippen molar-refractivity contribution in [2.45, 2.75) is 11.8 Å². The second-order valence-electron chi connectivity index (χ2n) is 4.39. The van der Waals surface area contributed by atoms with E-state index in [4.69, 9.17) is 24.3 Å². The second kappa shape index (κ2) is 4.51. The van der Waals surface area contributed by atoms with Crippen molar-refractivity contribution in [3.05, 3.63) is 34.4 Å². The summed E-state index contributed by atoms with van der Waals surface area (Å²) < 4.78 is 39.6. The molecule has 2 aromatic heterocycles. The molecule has 0 saturated carbocycles. The SMILES string of the molecule is COc1c2ccoc2c(S(=O)(=O)Cl)c2oc(C)cc(=O)c12. The molecule has 3 rings (SSSR count). The summed E-state index contributed by atoms with van der Waals surface area (Å²) in [6.07, 6.45) is 1.29.